The van der Waals surface area contributed by atoms with Crippen LogP contribution in [-0.2, 0) is 6.42 Å². The van der Waals surface area contributed by atoms with E-state index in [0.717, 1.165) is 54.5 Å². The Balaban J connectivity index is 1.32. The minimum atomic E-state index is 0.0717. The number of nitrogens with one attached hydrogen (secondary N) is 1. The number of hydrogen-bond donors (Lipinski definition) is 1. The molecule has 1 aliphatic rings. The van der Waals surface area contributed by atoms with E-state index in [1.54, 1.807) is 0 Å². The van der Waals surface area contributed by atoms with Crippen molar-refractivity contribution in [2.45, 2.75) is 26.2 Å². The largest absolute Gasteiger partial charge is 0.342 e. The highest BCUT2D eigenvalue weighted by Crippen LogP contribution is 2.20. The van der Waals surface area contributed by atoms with Gasteiger partial charge in [0.25, 0.3) is 5.91 Å². The molecule has 1 N–H and O–H groups in total. The average Bonchev–Trinajstić information content (AvgIpc) is 3.12. The van der Waals surface area contributed by atoms with Crippen LogP contribution in [0, 0.1) is 12.8 Å². The van der Waals surface area contributed by atoms with E-state index in [2.05, 4.69) is 27.0 Å². The first kappa shape index (κ1) is 20.9. The number of benzene rings is 2. The van der Waals surface area contributed by atoms with Crippen molar-refractivity contribution in [3.8, 4) is 0 Å². The van der Waals surface area contributed by atoms with Gasteiger partial charge >= 0.3 is 0 Å². The molecule has 0 unspecified atom stereocenters. The predicted molar refractivity (Wildman–Crippen MR) is 122 cm³/mol. The molecule has 1 fully saturated rings. The second kappa shape index (κ2) is 9.19. The van der Waals surface area contributed by atoms with E-state index in [1.807, 2.05) is 49.2 Å². The van der Waals surface area contributed by atoms with Crippen LogP contribution in [-0.4, -0.2) is 58.9 Å². The number of imidazole rings is 1. The van der Waals surface area contributed by atoms with Crippen molar-refractivity contribution in [3.05, 3.63) is 64.4 Å². The van der Waals surface area contributed by atoms with Gasteiger partial charge in [-0.1, -0.05) is 23.7 Å². The number of amides is 1. The number of halogens is 1. The molecular formula is C24H29ClN4O. The van der Waals surface area contributed by atoms with Gasteiger partial charge in [-0.3, -0.25) is 4.79 Å². The van der Waals surface area contributed by atoms with Crippen LogP contribution in [0.4, 0.5) is 0 Å². The zero-order valence-corrected chi connectivity index (χ0v) is 18.5. The highest BCUT2D eigenvalue weighted by atomic mass is 35.5. The summed E-state index contributed by atoms with van der Waals surface area (Å²) in [7, 11) is 1.91. The van der Waals surface area contributed by atoms with E-state index in [4.69, 9.17) is 11.6 Å². The zero-order valence-electron chi connectivity index (χ0n) is 17.7. The number of aromatic nitrogens is 2. The van der Waals surface area contributed by atoms with E-state index in [0.29, 0.717) is 11.5 Å². The van der Waals surface area contributed by atoms with Gasteiger partial charge in [0.15, 0.2) is 0 Å². The molecule has 1 saturated heterocycles. The second-order valence-electron chi connectivity index (χ2n) is 8.43. The Hall–Kier alpha value is -2.37. The smallest absolute Gasteiger partial charge is 0.253 e. The topological polar surface area (TPSA) is 52.2 Å². The van der Waals surface area contributed by atoms with Crippen molar-refractivity contribution < 1.29 is 4.79 Å². The molecule has 1 aromatic heterocycles. The Bertz CT molecular complexity index is 1010. The summed E-state index contributed by atoms with van der Waals surface area (Å²) >= 11 is 5.98. The van der Waals surface area contributed by atoms with Crippen LogP contribution in [0.5, 0.6) is 0 Å². The second-order valence-corrected chi connectivity index (χ2v) is 8.86. The summed E-state index contributed by atoms with van der Waals surface area (Å²) in [5.74, 6) is 1.45. The summed E-state index contributed by atoms with van der Waals surface area (Å²) in [5, 5.41) is 0.784. The molecule has 5 nitrogen and oxygen atoms in total. The van der Waals surface area contributed by atoms with Crippen LogP contribution < -0.4 is 0 Å². The molecule has 0 bridgehead atoms. The van der Waals surface area contributed by atoms with E-state index in [9.17, 15) is 4.79 Å². The lowest BCUT2D eigenvalue weighted by Gasteiger charge is -2.34. The first-order valence-corrected chi connectivity index (χ1v) is 11.0. The maximum Gasteiger partial charge on any atom is 0.253 e. The fraction of sp³-hybridized carbons (Fsp3) is 0.417. The molecule has 158 valence electrons. The van der Waals surface area contributed by atoms with Crippen LogP contribution in [0.2, 0.25) is 5.02 Å². The Morgan fingerprint density at radius 3 is 2.87 bits per heavy atom. The van der Waals surface area contributed by atoms with Crippen molar-refractivity contribution in [2.24, 2.45) is 5.92 Å². The maximum atomic E-state index is 13.0. The molecule has 0 radical (unpaired) electrons. The monoisotopic (exact) mass is 424 g/mol. The van der Waals surface area contributed by atoms with Gasteiger partial charge in [0.2, 0.25) is 0 Å². The van der Waals surface area contributed by atoms with Gasteiger partial charge in [-0.25, -0.2) is 4.98 Å². The fourth-order valence-electron chi connectivity index (χ4n) is 4.40. The number of H-pyrrole nitrogens is 1. The molecule has 1 atom stereocenters. The van der Waals surface area contributed by atoms with E-state index in [-0.39, 0.29) is 5.91 Å². The number of fused-ring (bicyclic) bond motifs is 1. The highest BCUT2D eigenvalue weighted by Gasteiger charge is 2.23. The lowest BCUT2D eigenvalue weighted by molar-refractivity contribution is 0.0730. The molecule has 2 aromatic carbocycles. The van der Waals surface area contributed by atoms with E-state index in [1.165, 1.54) is 18.4 Å². The summed E-state index contributed by atoms with van der Waals surface area (Å²) < 4.78 is 0. The summed E-state index contributed by atoms with van der Waals surface area (Å²) in [6, 6.07) is 13.8. The third kappa shape index (κ3) is 5.02. The Labute approximate surface area is 183 Å². The molecule has 0 aliphatic carbocycles. The number of aryl methyl sites for hydroxylation is 1. The van der Waals surface area contributed by atoms with Crippen molar-refractivity contribution >= 4 is 28.5 Å². The van der Waals surface area contributed by atoms with Crippen LogP contribution in [0.3, 0.4) is 0 Å². The van der Waals surface area contributed by atoms with Gasteiger partial charge in [0.1, 0.15) is 5.82 Å². The van der Waals surface area contributed by atoms with Gasteiger partial charge < -0.3 is 14.8 Å². The molecule has 1 aliphatic heterocycles. The summed E-state index contributed by atoms with van der Waals surface area (Å²) in [4.78, 5) is 25.0. The molecule has 6 heteroatoms. The molecule has 30 heavy (non-hydrogen) atoms. The van der Waals surface area contributed by atoms with Crippen molar-refractivity contribution in [1.82, 2.24) is 19.8 Å². The summed E-state index contributed by atoms with van der Waals surface area (Å²) in [6.45, 7) is 5.94. The van der Waals surface area contributed by atoms with E-state index >= 15 is 0 Å². The van der Waals surface area contributed by atoms with Gasteiger partial charge in [0, 0.05) is 37.3 Å². The SMILES string of the molecule is Cc1nc2ccc(C(=O)N(C)C[C@@H]3CCCN(CCc4ccc(Cl)cc4)C3)cc2[nH]1. The zero-order chi connectivity index (χ0) is 21.1. The Kier molecular flexibility index (Phi) is 6.40. The van der Waals surface area contributed by atoms with Gasteiger partial charge in [-0.15, -0.1) is 0 Å². The summed E-state index contributed by atoms with van der Waals surface area (Å²) in [5.41, 5.74) is 3.84. The van der Waals surface area contributed by atoms with Crippen molar-refractivity contribution in [2.75, 3.05) is 33.2 Å². The van der Waals surface area contributed by atoms with Crippen LogP contribution in [0.25, 0.3) is 11.0 Å². The van der Waals surface area contributed by atoms with E-state index < -0.39 is 0 Å². The van der Waals surface area contributed by atoms with Crippen molar-refractivity contribution in [3.63, 3.8) is 0 Å². The first-order chi connectivity index (χ1) is 14.5. The molecule has 2 heterocycles. The number of carbonyl (C=O) groups is 1. The van der Waals surface area contributed by atoms with Crippen LogP contribution >= 0.6 is 11.6 Å². The third-order valence-corrected chi connectivity index (χ3v) is 6.21. The average molecular weight is 425 g/mol. The molecule has 4 rings (SSSR count). The highest BCUT2D eigenvalue weighted by molar-refractivity contribution is 6.30. The number of nitrogens with zero attached hydrogens (tertiary/aromatic N) is 3. The number of hydrogen-bond acceptors (Lipinski definition) is 3. The maximum absolute atomic E-state index is 13.0. The number of carbonyl (C=O) groups excluding carboxylic acids is 1. The predicted octanol–water partition coefficient (Wildman–Crippen LogP) is 4.55. The molecular weight excluding hydrogens is 396 g/mol. The fourth-order valence-corrected chi connectivity index (χ4v) is 4.53. The molecule has 0 spiro atoms. The normalized spacial score (nSPS) is 17.4. The number of likely N-dealkylation sites (tertiary alicyclic amines) is 1. The molecule has 0 saturated carbocycles. The Morgan fingerprint density at radius 2 is 2.07 bits per heavy atom. The third-order valence-electron chi connectivity index (χ3n) is 5.96. The number of aromatic amines is 1. The van der Waals surface area contributed by atoms with Crippen LogP contribution in [0.15, 0.2) is 42.5 Å². The van der Waals surface area contributed by atoms with Gasteiger partial charge in [-0.2, -0.15) is 0 Å². The lowest BCUT2D eigenvalue weighted by atomic mass is 9.96. The van der Waals surface area contributed by atoms with Gasteiger partial charge in [0.05, 0.1) is 11.0 Å². The molecule has 3 aromatic rings. The quantitative estimate of drug-likeness (QED) is 0.631. The molecule has 1 amide bonds. The first-order valence-electron chi connectivity index (χ1n) is 10.7. The standard InChI is InChI=1S/C24H29ClN4O/c1-17-26-22-10-7-20(14-23(22)27-17)24(30)28(2)15-19-4-3-12-29(16-19)13-11-18-5-8-21(25)9-6-18/h5-10,14,19H,3-4,11-13,15-16H2,1-2H3,(H,26,27)/t19-/m0/s1. The Morgan fingerprint density at radius 1 is 1.27 bits per heavy atom. The number of piperidine rings is 1. The van der Waals surface area contributed by atoms with Gasteiger partial charge in [-0.05, 0) is 74.5 Å². The minimum Gasteiger partial charge on any atom is -0.342 e. The summed E-state index contributed by atoms with van der Waals surface area (Å²) in [6.07, 6.45) is 3.39. The minimum absolute atomic E-state index is 0.0717. The number of rotatable bonds is 6. The van der Waals surface area contributed by atoms with Crippen molar-refractivity contribution in [1.29, 1.82) is 0 Å². The lowest BCUT2D eigenvalue weighted by Crippen LogP contribution is -2.42. The van der Waals surface area contributed by atoms with Crippen LogP contribution in [0.1, 0.15) is 34.6 Å².